The van der Waals surface area contributed by atoms with Gasteiger partial charge in [0, 0.05) is 18.7 Å². The molecule has 0 saturated carbocycles. The first-order chi connectivity index (χ1) is 13.2. The Hall–Kier alpha value is -2.33. The van der Waals surface area contributed by atoms with Crippen molar-refractivity contribution in [2.75, 3.05) is 26.0 Å². The lowest BCUT2D eigenvalue weighted by atomic mass is 9.95. The van der Waals surface area contributed by atoms with Crippen LogP contribution in [0.15, 0.2) is 53.7 Å². The summed E-state index contributed by atoms with van der Waals surface area (Å²) in [4.78, 5) is 0. The number of hydrogen-bond acceptors (Lipinski definition) is 4. The molecule has 2 N–H and O–H groups in total. The quantitative estimate of drug-likeness (QED) is 0.612. The van der Waals surface area contributed by atoms with Crippen LogP contribution >= 0.6 is 0 Å². The van der Waals surface area contributed by atoms with Crippen molar-refractivity contribution in [3.05, 3.63) is 59.7 Å². The van der Waals surface area contributed by atoms with Crippen molar-refractivity contribution in [3.8, 4) is 0 Å². The minimum Gasteiger partial charge on any atom is -0.388 e. The first kappa shape index (κ1) is 21.0. The standard InChI is InChI=1S/C23H34N4/c1-6-8-10-11-12-16-27-23(25-5)18(3)22(26-27)20-14-15-21(24-4)19(17-20)13-9-7-2/h8-15,17-18,23-25H,6-7,16H2,1-5H3/b10-8-,12-11-,13-9+. The van der Waals surface area contributed by atoms with Gasteiger partial charge in [-0.25, -0.2) is 0 Å². The molecule has 0 fully saturated rings. The van der Waals surface area contributed by atoms with E-state index in [4.69, 9.17) is 5.10 Å². The van der Waals surface area contributed by atoms with Gasteiger partial charge >= 0.3 is 0 Å². The molecule has 4 nitrogen and oxygen atoms in total. The molecule has 1 aliphatic heterocycles. The van der Waals surface area contributed by atoms with Gasteiger partial charge in [-0.15, -0.1) is 0 Å². The van der Waals surface area contributed by atoms with E-state index in [0.717, 1.165) is 30.8 Å². The third-order valence-electron chi connectivity index (χ3n) is 4.82. The highest BCUT2D eigenvalue weighted by molar-refractivity contribution is 6.04. The fraction of sp³-hybridized carbons (Fsp3) is 0.435. The highest BCUT2D eigenvalue weighted by atomic mass is 15.5. The SMILES string of the molecule is CC/C=C\C=C/CN1N=C(c2ccc(NC)c(/C=C/CC)c2)C(C)C1NC. The number of benzene rings is 1. The van der Waals surface area contributed by atoms with Gasteiger partial charge in [0.15, 0.2) is 0 Å². The molecule has 0 bridgehead atoms. The summed E-state index contributed by atoms with van der Waals surface area (Å²) < 4.78 is 0. The number of nitrogens with zero attached hydrogens (tertiary/aromatic N) is 2. The Kier molecular flexibility index (Phi) is 8.34. The van der Waals surface area contributed by atoms with Crippen LogP contribution in [0.4, 0.5) is 5.69 Å². The van der Waals surface area contributed by atoms with Crippen LogP contribution < -0.4 is 10.6 Å². The second-order valence-electron chi connectivity index (χ2n) is 6.76. The molecule has 0 spiro atoms. The zero-order valence-electron chi connectivity index (χ0n) is 17.4. The maximum atomic E-state index is 4.95. The van der Waals surface area contributed by atoms with Crippen molar-refractivity contribution in [1.82, 2.24) is 10.3 Å². The smallest absolute Gasteiger partial charge is 0.105 e. The van der Waals surface area contributed by atoms with E-state index in [-0.39, 0.29) is 6.17 Å². The minimum atomic E-state index is 0.207. The van der Waals surface area contributed by atoms with Crippen LogP contribution in [-0.2, 0) is 0 Å². The Morgan fingerprint density at radius 3 is 2.48 bits per heavy atom. The number of hydrogen-bond donors (Lipinski definition) is 2. The summed E-state index contributed by atoms with van der Waals surface area (Å²) in [5.74, 6) is 0.318. The molecule has 1 heterocycles. The highest BCUT2D eigenvalue weighted by Gasteiger charge is 2.33. The number of nitrogens with one attached hydrogen (secondary N) is 2. The Morgan fingerprint density at radius 1 is 1.07 bits per heavy atom. The summed E-state index contributed by atoms with van der Waals surface area (Å²) in [6, 6.07) is 6.55. The first-order valence-electron chi connectivity index (χ1n) is 9.99. The molecule has 1 aromatic carbocycles. The zero-order chi connectivity index (χ0) is 19.6. The lowest BCUT2D eigenvalue weighted by molar-refractivity contribution is 0.199. The summed E-state index contributed by atoms with van der Waals surface area (Å²) in [6.07, 6.45) is 15.2. The van der Waals surface area contributed by atoms with Gasteiger partial charge < -0.3 is 5.32 Å². The maximum Gasteiger partial charge on any atom is 0.105 e. The lowest BCUT2D eigenvalue weighted by Crippen LogP contribution is -2.42. The predicted octanol–water partition coefficient (Wildman–Crippen LogP) is 4.88. The van der Waals surface area contributed by atoms with Gasteiger partial charge in [0.05, 0.1) is 12.3 Å². The van der Waals surface area contributed by atoms with Gasteiger partial charge in [-0.3, -0.25) is 10.3 Å². The highest BCUT2D eigenvalue weighted by Crippen LogP contribution is 2.27. The van der Waals surface area contributed by atoms with E-state index in [0.29, 0.717) is 5.92 Å². The summed E-state index contributed by atoms with van der Waals surface area (Å²) in [5.41, 5.74) is 4.67. The van der Waals surface area contributed by atoms with Crippen molar-refractivity contribution >= 4 is 17.5 Å². The molecular formula is C23H34N4. The third kappa shape index (κ3) is 5.33. The van der Waals surface area contributed by atoms with E-state index in [1.54, 1.807) is 0 Å². The largest absolute Gasteiger partial charge is 0.388 e. The molecule has 2 atom stereocenters. The van der Waals surface area contributed by atoms with Crippen molar-refractivity contribution in [1.29, 1.82) is 0 Å². The molecular weight excluding hydrogens is 332 g/mol. The number of hydrazone groups is 1. The van der Waals surface area contributed by atoms with Crippen LogP contribution in [0.2, 0.25) is 0 Å². The molecule has 2 unspecified atom stereocenters. The Morgan fingerprint density at radius 2 is 1.81 bits per heavy atom. The second kappa shape index (κ2) is 10.7. The Bertz CT molecular complexity index is 715. The third-order valence-corrected chi connectivity index (χ3v) is 4.82. The molecule has 1 aromatic rings. The van der Waals surface area contributed by atoms with Crippen molar-refractivity contribution in [3.63, 3.8) is 0 Å². The molecule has 0 amide bonds. The molecule has 1 aliphatic rings. The monoisotopic (exact) mass is 366 g/mol. The van der Waals surface area contributed by atoms with E-state index in [9.17, 15) is 0 Å². The molecule has 0 saturated heterocycles. The van der Waals surface area contributed by atoms with E-state index < -0.39 is 0 Å². The Balaban J connectivity index is 2.27. The minimum absolute atomic E-state index is 0.207. The van der Waals surface area contributed by atoms with Crippen LogP contribution in [0.1, 0.15) is 44.7 Å². The average Bonchev–Trinajstić information content (AvgIpc) is 3.01. The Labute approximate surface area is 164 Å². The lowest BCUT2D eigenvalue weighted by Gasteiger charge is -2.24. The van der Waals surface area contributed by atoms with Gasteiger partial charge in [0.2, 0.25) is 0 Å². The molecule has 0 radical (unpaired) electrons. The van der Waals surface area contributed by atoms with E-state index in [1.807, 2.05) is 14.1 Å². The van der Waals surface area contributed by atoms with Gasteiger partial charge in [-0.05, 0) is 43.1 Å². The van der Waals surface area contributed by atoms with Crippen LogP contribution in [0.25, 0.3) is 6.08 Å². The molecule has 0 aliphatic carbocycles. The maximum absolute atomic E-state index is 4.95. The van der Waals surface area contributed by atoms with E-state index >= 15 is 0 Å². The normalized spacial score (nSPS) is 20.3. The van der Waals surface area contributed by atoms with Crippen LogP contribution in [0, 0.1) is 5.92 Å². The van der Waals surface area contributed by atoms with Crippen LogP contribution in [0.5, 0.6) is 0 Å². The number of rotatable bonds is 9. The predicted molar refractivity (Wildman–Crippen MR) is 119 cm³/mol. The number of anilines is 1. The van der Waals surface area contributed by atoms with Gasteiger partial charge in [0.25, 0.3) is 0 Å². The fourth-order valence-electron chi connectivity index (χ4n) is 3.37. The first-order valence-corrected chi connectivity index (χ1v) is 9.99. The second-order valence-corrected chi connectivity index (χ2v) is 6.76. The topological polar surface area (TPSA) is 39.7 Å². The molecule has 2 rings (SSSR count). The molecule has 4 heteroatoms. The molecule has 27 heavy (non-hydrogen) atoms. The van der Waals surface area contributed by atoms with Crippen LogP contribution in [0.3, 0.4) is 0 Å². The number of allylic oxidation sites excluding steroid dienone is 4. The van der Waals surface area contributed by atoms with E-state index in [1.165, 1.54) is 11.1 Å². The van der Waals surface area contributed by atoms with E-state index in [2.05, 4.69) is 91.1 Å². The van der Waals surface area contributed by atoms with Crippen molar-refractivity contribution in [2.45, 2.75) is 39.8 Å². The summed E-state index contributed by atoms with van der Waals surface area (Å²) in [5, 5.41) is 13.8. The zero-order valence-corrected chi connectivity index (χ0v) is 17.4. The van der Waals surface area contributed by atoms with Gasteiger partial charge in [-0.2, -0.15) is 5.10 Å². The van der Waals surface area contributed by atoms with Gasteiger partial charge in [0.1, 0.15) is 6.17 Å². The van der Waals surface area contributed by atoms with Gasteiger partial charge in [-0.1, -0.05) is 63.3 Å². The summed E-state index contributed by atoms with van der Waals surface area (Å²) >= 11 is 0. The molecule has 0 aromatic heterocycles. The summed E-state index contributed by atoms with van der Waals surface area (Å²) in [6.45, 7) is 7.34. The van der Waals surface area contributed by atoms with Crippen molar-refractivity contribution < 1.29 is 0 Å². The fourth-order valence-corrected chi connectivity index (χ4v) is 3.37. The average molecular weight is 367 g/mol. The summed E-state index contributed by atoms with van der Waals surface area (Å²) in [7, 11) is 3.97. The van der Waals surface area contributed by atoms with Crippen LogP contribution in [-0.4, -0.2) is 37.5 Å². The van der Waals surface area contributed by atoms with Crippen molar-refractivity contribution in [2.24, 2.45) is 11.0 Å². The molecule has 146 valence electrons.